The van der Waals surface area contributed by atoms with Crippen molar-refractivity contribution < 1.29 is 23.4 Å². The van der Waals surface area contributed by atoms with Gasteiger partial charge in [-0.25, -0.2) is 0 Å². The third-order valence-corrected chi connectivity index (χ3v) is 11.6. The Balaban J connectivity index is 1.42. The Kier molecular flexibility index (Phi) is 10.5. The van der Waals surface area contributed by atoms with Gasteiger partial charge in [-0.1, -0.05) is 0 Å². The van der Waals surface area contributed by atoms with Gasteiger partial charge in [-0.05, 0) is 0 Å². The topological polar surface area (TPSA) is 112 Å². The van der Waals surface area contributed by atoms with E-state index in [1.165, 1.54) is 17.3 Å². The van der Waals surface area contributed by atoms with Gasteiger partial charge in [0.05, 0.1) is 0 Å². The molecular weight excluding hydrogens is 705 g/mol. The van der Waals surface area contributed by atoms with Crippen molar-refractivity contribution in [1.29, 1.82) is 0 Å². The molecule has 2 aromatic heterocycles. The zero-order valence-corrected chi connectivity index (χ0v) is 31.1. The Hall–Kier alpha value is -4.10. The molecule has 13 heteroatoms. The van der Waals surface area contributed by atoms with Gasteiger partial charge in [0.2, 0.25) is 0 Å². The third-order valence-electron chi connectivity index (χ3n) is 8.43. The number of nitrogens with zero attached hydrogens (tertiary/aromatic N) is 5. The van der Waals surface area contributed by atoms with Crippen molar-refractivity contribution in [2.45, 2.75) is 54.3 Å². The molecule has 0 unspecified atom stereocenters. The molecule has 49 heavy (non-hydrogen) atoms. The molecule has 11 nitrogen and oxygen atoms in total. The summed E-state index contributed by atoms with van der Waals surface area (Å²) in [5.41, 5.74) is 1.32. The van der Waals surface area contributed by atoms with Gasteiger partial charge >= 0.3 is 294 Å². The fourth-order valence-electron chi connectivity index (χ4n) is 6.20. The first-order valence-corrected chi connectivity index (χ1v) is 22.1. The Bertz CT molecular complexity index is 1820. The van der Waals surface area contributed by atoms with Gasteiger partial charge in [-0.15, -0.1) is 0 Å². The van der Waals surface area contributed by atoms with Crippen LogP contribution in [-0.2, 0) is 19.5 Å². The first-order chi connectivity index (χ1) is 23.7. The summed E-state index contributed by atoms with van der Waals surface area (Å²) in [6.07, 6.45) is 3.25. The van der Waals surface area contributed by atoms with Crippen LogP contribution in [0.3, 0.4) is 0 Å². The molecule has 1 aliphatic rings. The van der Waals surface area contributed by atoms with E-state index in [2.05, 4.69) is 52.7 Å². The van der Waals surface area contributed by atoms with Crippen molar-refractivity contribution in [2.24, 2.45) is 0 Å². The number of methoxy groups -OCH3 is 2. The van der Waals surface area contributed by atoms with E-state index < -0.39 is 31.9 Å². The Morgan fingerprint density at radius 3 is 2.00 bits per heavy atom. The number of benzene rings is 3. The molecular formula is C36H41N5O6SeSi. The van der Waals surface area contributed by atoms with E-state index in [0.717, 1.165) is 28.2 Å². The summed E-state index contributed by atoms with van der Waals surface area (Å²) in [6.45, 7) is 6.69. The van der Waals surface area contributed by atoms with Crippen LogP contribution in [0, 0.1) is 0 Å². The number of ether oxygens (including phenoxy) is 4. The van der Waals surface area contributed by atoms with Crippen LogP contribution in [0.2, 0.25) is 30.3 Å². The molecule has 0 saturated carbocycles. The van der Waals surface area contributed by atoms with Crippen molar-refractivity contribution in [3.8, 4) is 17.3 Å². The van der Waals surface area contributed by atoms with Crippen LogP contribution < -0.4 is 15.2 Å². The van der Waals surface area contributed by atoms with Crippen LogP contribution in [0.4, 0.5) is 0 Å². The van der Waals surface area contributed by atoms with E-state index >= 15 is 0 Å². The third kappa shape index (κ3) is 7.28. The maximum atomic E-state index is 13.5. The second-order valence-electron chi connectivity index (χ2n) is 12.6. The molecule has 3 aromatic carbocycles. The van der Waals surface area contributed by atoms with Gasteiger partial charge in [0.15, 0.2) is 0 Å². The first kappa shape index (κ1) is 34.7. The molecule has 0 amide bonds. The summed E-state index contributed by atoms with van der Waals surface area (Å²) >= 11 is 0.0518. The summed E-state index contributed by atoms with van der Waals surface area (Å²) < 4.78 is 35.0. The minimum absolute atomic E-state index is 0.0518. The SMILES string of the molecule is COc1ccc(C(OC[C@H]2O[C@@H](n3ccc(-n4cncn4)nc3=O)[C@H]([Se]C)[C@@H]2O[Si](C)(C)C)(c2ccccc2)c2ccc(OC)cc2)cc1. The molecule has 3 heterocycles. The van der Waals surface area contributed by atoms with Crippen LogP contribution in [0.1, 0.15) is 22.9 Å². The normalized spacial score (nSPS) is 19.6. The number of rotatable bonds is 13. The Morgan fingerprint density at radius 2 is 1.49 bits per heavy atom. The number of hydrogen-bond donors (Lipinski definition) is 0. The molecule has 0 bridgehead atoms. The van der Waals surface area contributed by atoms with Crippen molar-refractivity contribution in [3.05, 3.63) is 131 Å². The van der Waals surface area contributed by atoms with E-state index in [1.807, 2.05) is 66.7 Å². The average Bonchev–Trinajstić information content (AvgIpc) is 3.77. The summed E-state index contributed by atoms with van der Waals surface area (Å²) in [7, 11) is 1.23. The second kappa shape index (κ2) is 14.8. The van der Waals surface area contributed by atoms with Crippen molar-refractivity contribution in [3.63, 3.8) is 0 Å². The minimum atomic E-state index is -2.07. The predicted octanol–water partition coefficient (Wildman–Crippen LogP) is 5.51. The predicted molar refractivity (Wildman–Crippen MR) is 189 cm³/mol. The molecule has 1 saturated heterocycles. The van der Waals surface area contributed by atoms with Crippen LogP contribution in [0.5, 0.6) is 11.5 Å². The van der Waals surface area contributed by atoms with Crippen LogP contribution in [0.25, 0.3) is 5.82 Å². The Labute approximate surface area is 293 Å². The van der Waals surface area contributed by atoms with E-state index in [9.17, 15) is 4.79 Å². The standard InChI is InChI=1S/C36H41N5O6SeSi/c1-43-28-16-12-26(13-17-28)36(25-10-8-7-9-11-25,27-14-18-29(44-2)19-15-27)45-22-30-32(47-49(4,5)6)33(48-3)34(46-30)40-21-20-31(39-35(40)42)41-24-37-23-38-41/h7-21,23-24,30,32-34H,22H2,1-6H3/t30-,32-,33-,34-/m1/s1. The van der Waals surface area contributed by atoms with Gasteiger partial charge in [0.1, 0.15) is 0 Å². The van der Waals surface area contributed by atoms with Crippen LogP contribution >= 0.6 is 0 Å². The Morgan fingerprint density at radius 1 is 0.878 bits per heavy atom. The summed E-state index contributed by atoms with van der Waals surface area (Å²) in [4.78, 5) is 21.7. The van der Waals surface area contributed by atoms with E-state index in [4.69, 9.17) is 23.4 Å². The van der Waals surface area contributed by atoms with Crippen molar-refractivity contribution in [1.82, 2.24) is 24.3 Å². The quantitative estimate of drug-likeness (QED) is 0.114. The zero-order chi connectivity index (χ0) is 34.6. The molecule has 6 rings (SSSR count). The van der Waals surface area contributed by atoms with Gasteiger partial charge in [0, 0.05) is 0 Å². The van der Waals surface area contributed by atoms with Crippen molar-refractivity contribution >= 4 is 23.3 Å². The van der Waals surface area contributed by atoms with Gasteiger partial charge in [-0.2, -0.15) is 0 Å². The molecule has 256 valence electrons. The molecule has 0 radical (unpaired) electrons. The van der Waals surface area contributed by atoms with Gasteiger partial charge in [-0.3, -0.25) is 0 Å². The molecule has 1 aliphatic heterocycles. The van der Waals surface area contributed by atoms with Gasteiger partial charge in [0.25, 0.3) is 0 Å². The summed E-state index contributed by atoms with van der Waals surface area (Å²) in [5.74, 6) is 4.03. The van der Waals surface area contributed by atoms with Crippen molar-refractivity contribution in [2.75, 3.05) is 20.8 Å². The van der Waals surface area contributed by atoms with Gasteiger partial charge < -0.3 is 0 Å². The fraction of sp³-hybridized carbons (Fsp3) is 0.333. The van der Waals surface area contributed by atoms with E-state index in [1.54, 1.807) is 31.0 Å². The molecule has 5 aromatic rings. The second-order valence-corrected chi connectivity index (χ2v) is 19.2. The number of aromatic nitrogens is 5. The summed E-state index contributed by atoms with van der Waals surface area (Å²) in [6, 6.07) is 27.8. The van der Waals surface area contributed by atoms with Crippen LogP contribution in [-0.4, -0.2) is 80.6 Å². The van der Waals surface area contributed by atoms with E-state index in [-0.39, 0.29) is 32.5 Å². The molecule has 4 atom stereocenters. The monoisotopic (exact) mass is 747 g/mol. The average molecular weight is 747 g/mol. The maximum absolute atomic E-state index is 13.5. The molecule has 0 aliphatic carbocycles. The van der Waals surface area contributed by atoms with E-state index in [0.29, 0.717) is 5.82 Å². The summed E-state index contributed by atoms with van der Waals surface area (Å²) in [5, 5.41) is 4.11. The van der Waals surface area contributed by atoms with Crippen LogP contribution in [0.15, 0.2) is 109 Å². The molecule has 0 spiro atoms. The molecule has 0 N–H and O–H groups in total. The fourth-order valence-corrected chi connectivity index (χ4v) is 9.48. The number of hydrogen-bond acceptors (Lipinski definition) is 9. The first-order valence-electron chi connectivity index (χ1n) is 16.0. The zero-order valence-electron chi connectivity index (χ0n) is 28.4. The molecule has 1 fully saturated rings.